The van der Waals surface area contributed by atoms with Crippen molar-refractivity contribution in [3.63, 3.8) is 0 Å². The largest absolute Gasteiger partial charge is 1.00 e. The molecule has 0 saturated heterocycles. The van der Waals surface area contributed by atoms with E-state index in [2.05, 4.69) is 15.2 Å². The molecule has 7 nitrogen and oxygen atoms in total. The minimum Gasteiger partial charge on any atom is -0.744 e. The van der Waals surface area contributed by atoms with Crippen molar-refractivity contribution in [3.8, 4) is 11.3 Å². The van der Waals surface area contributed by atoms with Crippen molar-refractivity contribution < 1.29 is 42.5 Å². The van der Waals surface area contributed by atoms with Gasteiger partial charge < -0.3 is 10.3 Å². The number of pyridine rings is 1. The molecule has 0 saturated carbocycles. The third-order valence-electron chi connectivity index (χ3n) is 4.47. The Kier molecular flexibility index (Phi) is 7.10. The summed E-state index contributed by atoms with van der Waals surface area (Å²) in [4.78, 5) is 3.94. The Morgan fingerprint density at radius 3 is 2.26 bits per heavy atom. The molecule has 150 valence electrons. The average molecular weight is 461 g/mol. The van der Waals surface area contributed by atoms with E-state index in [0.29, 0.717) is 21.8 Å². The summed E-state index contributed by atoms with van der Waals surface area (Å²) >= 11 is 6.19. The second-order valence-corrected chi connectivity index (χ2v) is 8.14. The summed E-state index contributed by atoms with van der Waals surface area (Å²) < 4.78 is 35.1. The summed E-state index contributed by atoms with van der Waals surface area (Å²) in [6, 6.07) is 18.4. The number of halogens is 1. The zero-order valence-electron chi connectivity index (χ0n) is 16.4. The van der Waals surface area contributed by atoms with Crippen LogP contribution >= 0.6 is 11.6 Å². The average Bonchev–Trinajstić information content (AvgIpc) is 2.73. The van der Waals surface area contributed by atoms with Gasteiger partial charge in [-0.2, -0.15) is 0 Å². The van der Waals surface area contributed by atoms with Crippen LogP contribution in [-0.2, 0) is 10.1 Å². The number of fused-ring (bicyclic) bond motifs is 1. The fourth-order valence-electron chi connectivity index (χ4n) is 3.03. The molecule has 0 aliphatic carbocycles. The second kappa shape index (κ2) is 9.44. The van der Waals surface area contributed by atoms with Crippen LogP contribution in [0.3, 0.4) is 0 Å². The van der Waals surface area contributed by atoms with Crippen molar-refractivity contribution in [3.05, 3.63) is 77.9 Å². The van der Waals surface area contributed by atoms with E-state index in [-0.39, 0.29) is 46.3 Å². The van der Waals surface area contributed by atoms with E-state index in [1.165, 1.54) is 12.3 Å². The van der Waals surface area contributed by atoms with Gasteiger partial charge in [-0.1, -0.05) is 54.1 Å². The molecule has 1 aromatic heterocycles. The van der Waals surface area contributed by atoms with Crippen molar-refractivity contribution in [2.24, 2.45) is 10.2 Å². The first-order valence-corrected chi connectivity index (χ1v) is 10.5. The van der Waals surface area contributed by atoms with Gasteiger partial charge in [0.05, 0.1) is 22.5 Å². The summed E-state index contributed by atoms with van der Waals surface area (Å²) in [6.45, 7) is 0. The molecule has 0 amide bonds. The molecule has 0 aliphatic heterocycles. The Balaban J connectivity index is 0.00000272. The monoisotopic (exact) mass is 460 g/mol. The number of nitrogen functional groups attached to an aromatic ring is 1. The van der Waals surface area contributed by atoms with Crippen LogP contribution < -0.4 is 35.3 Å². The van der Waals surface area contributed by atoms with Gasteiger partial charge in [-0.15, -0.1) is 10.2 Å². The molecule has 4 aromatic rings. The zero-order valence-corrected chi connectivity index (χ0v) is 19.9. The van der Waals surface area contributed by atoms with Crippen LogP contribution in [0.1, 0.15) is 0 Å². The smallest absolute Gasteiger partial charge is 0.744 e. The van der Waals surface area contributed by atoms with Gasteiger partial charge in [0, 0.05) is 21.4 Å². The number of nitrogens with zero attached hydrogens (tertiary/aromatic N) is 3. The maximum atomic E-state index is 11.7. The number of hydrogen-bond acceptors (Lipinski definition) is 7. The number of hydrogen-bond donors (Lipinski definition) is 1. The summed E-state index contributed by atoms with van der Waals surface area (Å²) in [6.07, 6.45) is 1.50. The van der Waals surface area contributed by atoms with Gasteiger partial charge in [-0.3, -0.25) is 4.98 Å². The molecular formula is C21H14ClN4NaO3S. The number of aromatic nitrogens is 1. The molecule has 0 bridgehead atoms. The van der Waals surface area contributed by atoms with Gasteiger partial charge >= 0.3 is 29.6 Å². The first kappa shape index (κ1) is 23.3. The number of azo groups is 1. The Hall–Kier alpha value is -2.33. The fraction of sp³-hybridized carbons (Fsp3) is 0. The zero-order chi connectivity index (χ0) is 21.3. The molecule has 0 aliphatic rings. The van der Waals surface area contributed by atoms with Crippen molar-refractivity contribution in [2.45, 2.75) is 4.90 Å². The van der Waals surface area contributed by atoms with E-state index in [0.717, 1.165) is 11.6 Å². The van der Waals surface area contributed by atoms with Crippen LogP contribution in [0.5, 0.6) is 0 Å². The maximum absolute atomic E-state index is 11.7. The Morgan fingerprint density at radius 1 is 0.935 bits per heavy atom. The van der Waals surface area contributed by atoms with Crippen molar-refractivity contribution in [2.75, 3.05) is 5.73 Å². The van der Waals surface area contributed by atoms with Crippen LogP contribution in [-0.4, -0.2) is 18.0 Å². The molecule has 2 N–H and O–H groups in total. The van der Waals surface area contributed by atoms with Crippen molar-refractivity contribution in [1.82, 2.24) is 4.98 Å². The first-order valence-electron chi connectivity index (χ1n) is 8.74. The van der Waals surface area contributed by atoms with Crippen LogP contribution in [0.4, 0.5) is 17.1 Å². The third-order valence-corrected chi connectivity index (χ3v) is 5.67. The van der Waals surface area contributed by atoms with Crippen molar-refractivity contribution >= 4 is 49.6 Å². The van der Waals surface area contributed by atoms with Crippen LogP contribution in [0, 0.1) is 0 Å². The van der Waals surface area contributed by atoms with E-state index in [4.69, 9.17) is 17.3 Å². The molecule has 0 atom stereocenters. The Morgan fingerprint density at radius 2 is 1.61 bits per heavy atom. The van der Waals surface area contributed by atoms with Gasteiger partial charge in [-0.25, -0.2) is 8.42 Å². The quantitative estimate of drug-likeness (QED) is 0.217. The van der Waals surface area contributed by atoms with Crippen LogP contribution in [0.15, 0.2) is 88.1 Å². The molecule has 1 heterocycles. The summed E-state index contributed by atoms with van der Waals surface area (Å²) in [5.74, 6) is 0. The standard InChI is InChI=1S/C21H15ClN4O3S.Na/c22-17-8-4-3-7-16(17)18-10-9-13(12-24-18)25-26-19-11-20(30(27,28)29)14-5-1-2-6-15(14)21(19)23;/h1-12H,23H2,(H,27,28,29);/q;+1/p-1. The molecule has 0 fully saturated rings. The number of benzene rings is 3. The fourth-order valence-corrected chi connectivity index (χ4v) is 3.96. The van der Waals surface area contributed by atoms with Gasteiger partial charge in [0.1, 0.15) is 21.5 Å². The Bertz CT molecular complexity index is 1390. The molecule has 31 heavy (non-hydrogen) atoms. The predicted molar refractivity (Wildman–Crippen MR) is 115 cm³/mol. The van der Waals surface area contributed by atoms with E-state index >= 15 is 0 Å². The van der Waals surface area contributed by atoms with Gasteiger partial charge in [0.2, 0.25) is 0 Å². The number of rotatable bonds is 4. The van der Waals surface area contributed by atoms with E-state index < -0.39 is 15.0 Å². The van der Waals surface area contributed by atoms with E-state index in [1.807, 2.05) is 18.2 Å². The van der Waals surface area contributed by atoms with E-state index in [1.54, 1.807) is 36.4 Å². The van der Waals surface area contributed by atoms with Crippen molar-refractivity contribution in [1.29, 1.82) is 0 Å². The number of nitrogens with two attached hydrogens (primary N) is 1. The number of anilines is 1. The summed E-state index contributed by atoms with van der Waals surface area (Å²) in [5, 5.41) is 9.36. The molecular weight excluding hydrogens is 447 g/mol. The molecule has 0 unspecified atom stereocenters. The summed E-state index contributed by atoms with van der Waals surface area (Å²) in [5.41, 5.74) is 8.31. The molecule has 0 spiro atoms. The normalized spacial score (nSPS) is 11.5. The summed E-state index contributed by atoms with van der Waals surface area (Å²) in [7, 11) is -4.72. The maximum Gasteiger partial charge on any atom is 1.00 e. The second-order valence-electron chi connectivity index (χ2n) is 6.39. The van der Waals surface area contributed by atoms with Gasteiger partial charge in [0.15, 0.2) is 0 Å². The minimum absolute atomic E-state index is 0. The van der Waals surface area contributed by atoms with Gasteiger partial charge in [-0.05, 0) is 24.3 Å². The Labute approximate surface area is 206 Å². The molecule has 3 aromatic carbocycles. The molecule has 0 radical (unpaired) electrons. The van der Waals surface area contributed by atoms with Crippen LogP contribution in [0.25, 0.3) is 22.0 Å². The predicted octanol–water partition coefficient (Wildman–Crippen LogP) is 2.46. The van der Waals surface area contributed by atoms with E-state index in [9.17, 15) is 13.0 Å². The topological polar surface area (TPSA) is 121 Å². The minimum atomic E-state index is -4.72. The SMILES string of the molecule is Nc1c(N=Nc2ccc(-c3ccccc3Cl)nc2)cc(S(=O)(=O)[O-])c2ccccc12.[Na+]. The third kappa shape index (κ3) is 4.95. The molecule has 4 rings (SSSR count). The van der Waals surface area contributed by atoms with Gasteiger partial charge in [0.25, 0.3) is 0 Å². The van der Waals surface area contributed by atoms with Crippen LogP contribution in [0.2, 0.25) is 5.02 Å². The first-order chi connectivity index (χ1) is 14.3. The molecule has 10 heteroatoms.